The van der Waals surface area contributed by atoms with Crippen molar-refractivity contribution in [3.8, 4) is 0 Å². The molecule has 6 heteroatoms. The van der Waals surface area contributed by atoms with Gasteiger partial charge in [0, 0.05) is 39.3 Å². The van der Waals surface area contributed by atoms with Crippen LogP contribution in [0.4, 0.5) is 0 Å². The van der Waals surface area contributed by atoms with Crippen molar-refractivity contribution in [2.45, 2.75) is 38.7 Å². The van der Waals surface area contributed by atoms with E-state index in [-0.39, 0.29) is 12.0 Å². The highest BCUT2D eigenvalue weighted by molar-refractivity contribution is 7.80. The van der Waals surface area contributed by atoms with Gasteiger partial charge < -0.3 is 20.1 Å². The van der Waals surface area contributed by atoms with Crippen LogP contribution in [0, 0.1) is 0 Å². The molecule has 0 spiro atoms. The molecule has 5 nitrogen and oxygen atoms in total. The van der Waals surface area contributed by atoms with Crippen molar-refractivity contribution < 1.29 is 14.3 Å². The molecule has 1 atom stereocenters. The minimum Gasteiger partial charge on any atom is -0.393 e. The summed E-state index contributed by atoms with van der Waals surface area (Å²) in [4.78, 5) is 14.5. The van der Waals surface area contributed by atoms with Crippen LogP contribution in [0.15, 0.2) is 0 Å². The second-order valence-corrected chi connectivity index (χ2v) is 5.12. The summed E-state index contributed by atoms with van der Waals surface area (Å²) >= 11 is 4.87. The highest BCUT2D eigenvalue weighted by Gasteiger charge is 2.27. The largest absolute Gasteiger partial charge is 0.393 e. The van der Waals surface area contributed by atoms with Gasteiger partial charge in [-0.15, -0.1) is 0 Å². The monoisotopic (exact) mass is 288 g/mol. The summed E-state index contributed by atoms with van der Waals surface area (Å²) in [6, 6.07) is 0. The fourth-order valence-corrected chi connectivity index (χ4v) is 2.15. The highest BCUT2D eigenvalue weighted by Crippen LogP contribution is 2.15. The number of hydrogen-bond donors (Lipinski definition) is 1. The van der Waals surface area contributed by atoms with E-state index in [4.69, 9.17) is 27.4 Å². The number of amides is 1. The lowest BCUT2D eigenvalue weighted by molar-refractivity contribution is -0.141. The minimum absolute atomic E-state index is 0.0604. The molecule has 0 bridgehead atoms. The molecule has 0 radical (unpaired) electrons. The Kier molecular flexibility index (Phi) is 7.93. The maximum absolute atomic E-state index is 12.3. The molecule has 1 amide bonds. The van der Waals surface area contributed by atoms with E-state index in [0.717, 1.165) is 19.3 Å². The molecule has 1 rings (SSSR count). The summed E-state index contributed by atoms with van der Waals surface area (Å²) in [5.41, 5.74) is 5.51. The molecule has 0 saturated carbocycles. The Balaban J connectivity index is 2.42. The maximum atomic E-state index is 12.3. The third-order valence-corrected chi connectivity index (χ3v) is 3.27. The first kappa shape index (κ1) is 16.3. The molecule has 1 aliphatic heterocycles. The van der Waals surface area contributed by atoms with Crippen LogP contribution in [0.3, 0.4) is 0 Å². The number of ether oxygens (including phenoxy) is 2. The molecule has 110 valence electrons. The molecule has 0 aromatic heterocycles. The maximum Gasteiger partial charge on any atom is 0.251 e. The zero-order valence-corrected chi connectivity index (χ0v) is 12.4. The zero-order valence-electron chi connectivity index (χ0n) is 11.6. The minimum atomic E-state index is -0.279. The molecule has 1 fully saturated rings. The van der Waals surface area contributed by atoms with Gasteiger partial charge in [0.2, 0.25) is 0 Å². The van der Waals surface area contributed by atoms with Gasteiger partial charge >= 0.3 is 0 Å². The molecular formula is C13H24N2O3S. The molecule has 2 N–H and O–H groups in total. The molecule has 1 heterocycles. The molecular weight excluding hydrogens is 264 g/mol. The van der Waals surface area contributed by atoms with Crippen LogP contribution in [0.1, 0.15) is 32.6 Å². The molecule has 0 aliphatic carbocycles. The van der Waals surface area contributed by atoms with Crippen LogP contribution < -0.4 is 5.73 Å². The summed E-state index contributed by atoms with van der Waals surface area (Å²) in [5.74, 6) is 0.0604. The van der Waals surface area contributed by atoms with Crippen LogP contribution in [-0.4, -0.2) is 54.8 Å². The Labute approximate surface area is 120 Å². The predicted molar refractivity (Wildman–Crippen MR) is 78.1 cm³/mol. The number of thiocarbonyl (C=S) groups is 1. The van der Waals surface area contributed by atoms with Crippen LogP contribution in [0.5, 0.6) is 0 Å². The summed E-state index contributed by atoms with van der Waals surface area (Å²) in [6.45, 7) is 5.24. The molecule has 19 heavy (non-hydrogen) atoms. The Morgan fingerprint density at radius 3 is 2.89 bits per heavy atom. The van der Waals surface area contributed by atoms with Gasteiger partial charge in [0.15, 0.2) is 0 Å². The Hall–Kier alpha value is -0.720. The van der Waals surface area contributed by atoms with E-state index in [9.17, 15) is 4.79 Å². The van der Waals surface area contributed by atoms with Crippen molar-refractivity contribution >= 4 is 23.1 Å². The fraction of sp³-hybridized carbons (Fsp3) is 0.846. The Bertz CT molecular complexity index is 294. The highest BCUT2D eigenvalue weighted by atomic mass is 32.1. The topological polar surface area (TPSA) is 64.8 Å². The number of nitrogens with zero attached hydrogens (tertiary/aromatic N) is 1. The van der Waals surface area contributed by atoms with E-state index in [1.54, 1.807) is 4.90 Å². The standard InChI is InChI=1S/C13H24N2O3S/c1-2-17-9-4-7-15(8-6-12(14)19)13(16)11-5-3-10-18-11/h11H,2-10H2,1H3,(H2,14,19). The number of rotatable bonds is 9. The molecule has 0 aromatic carbocycles. The van der Waals surface area contributed by atoms with Gasteiger partial charge in [-0.3, -0.25) is 4.79 Å². The summed E-state index contributed by atoms with van der Waals surface area (Å²) in [5, 5.41) is 0. The van der Waals surface area contributed by atoms with Crippen LogP contribution in [0.2, 0.25) is 0 Å². The van der Waals surface area contributed by atoms with Crippen molar-refractivity contribution in [2.75, 3.05) is 32.9 Å². The SMILES string of the molecule is CCOCCCN(CCC(N)=S)C(=O)C1CCCO1. The summed E-state index contributed by atoms with van der Waals surface area (Å²) in [7, 11) is 0. The molecule has 1 unspecified atom stereocenters. The summed E-state index contributed by atoms with van der Waals surface area (Å²) in [6.07, 6.45) is 2.87. The lowest BCUT2D eigenvalue weighted by Crippen LogP contribution is -2.41. The number of carbonyl (C=O) groups is 1. The zero-order chi connectivity index (χ0) is 14.1. The first-order chi connectivity index (χ1) is 9.15. The average Bonchev–Trinajstić information content (AvgIpc) is 2.90. The van der Waals surface area contributed by atoms with Gasteiger partial charge in [0.25, 0.3) is 5.91 Å². The Morgan fingerprint density at radius 1 is 1.53 bits per heavy atom. The summed E-state index contributed by atoms with van der Waals surface area (Å²) < 4.78 is 10.7. The smallest absolute Gasteiger partial charge is 0.251 e. The third kappa shape index (κ3) is 6.31. The number of hydrogen-bond acceptors (Lipinski definition) is 4. The van der Waals surface area contributed by atoms with E-state index in [1.165, 1.54) is 0 Å². The van der Waals surface area contributed by atoms with Gasteiger partial charge in [-0.05, 0) is 26.2 Å². The van der Waals surface area contributed by atoms with Gasteiger partial charge in [0.05, 0.1) is 4.99 Å². The second-order valence-electron chi connectivity index (χ2n) is 4.59. The van der Waals surface area contributed by atoms with Gasteiger partial charge in [-0.1, -0.05) is 12.2 Å². The predicted octanol–water partition coefficient (Wildman–Crippen LogP) is 1.10. The van der Waals surface area contributed by atoms with Crippen LogP contribution in [-0.2, 0) is 14.3 Å². The lowest BCUT2D eigenvalue weighted by Gasteiger charge is -2.25. The van der Waals surface area contributed by atoms with Gasteiger partial charge in [-0.25, -0.2) is 0 Å². The first-order valence-electron chi connectivity index (χ1n) is 6.91. The second kappa shape index (κ2) is 9.23. The van der Waals surface area contributed by atoms with Gasteiger partial charge in [-0.2, -0.15) is 0 Å². The van der Waals surface area contributed by atoms with Gasteiger partial charge in [0.1, 0.15) is 6.10 Å². The van der Waals surface area contributed by atoms with E-state index in [2.05, 4.69) is 0 Å². The van der Waals surface area contributed by atoms with E-state index in [1.807, 2.05) is 6.92 Å². The fourth-order valence-electron chi connectivity index (χ4n) is 2.06. The van der Waals surface area contributed by atoms with Crippen molar-refractivity contribution in [1.29, 1.82) is 0 Å². The number of nitrogens with two attached hydrogens (primary N) is 1. The average molecular weight is 288 g/mol. The molecule has 1 saturated heterocycles. The van der Waals surface area contributed by atoms with E-state index < -0.39 is 0 Å². The number of carbonyl (C=O) groups excluding carboxylic acids is 1. The normalized spacial score (nSPS) is 18.5. The van der Waals surface area contributed by atoms with Crippen molar-refractivity contribution in [3.63, 3.8) is 0 Å². The van der Waals surface area contributed by atoms with E-state index in [0.29, 0.717) is 44.3 Å². The third-order valence-electron chi connectivity index (χ3n) is 3.07. The Morgan fingerprint density at radius 2 is 2.32 bits per heavy atom. The van der Waals surface area contributed by atoms with Crippen molar-refractivity contribution in [1.82, 2.24) is 4.90 Å². The lowest BCUT2D eigenvalue weighted by atomic mass is 10.2. The van der Waals surface area contributed by atoms with Crippen molar-refractivity contribution in [3.05, 3.63) is 0 Å². The quantitative estimate of drug-likeness (QED) is 0.508. The van der Waals surface area contributed by atoms with Crippen LogP contribution >= 0.6 is 12.2 Å². The van der Waals surface area contributed by atoms with Crippen LogP contribution in [0.25, 0.3) is 0 Å². The van der Waals surface area contributed by atoms with Crippen molar-refractivity contribution in [2.24, 2.45) is 5.73 Å². The molecule has 0 aromatic rings. The molecule has 1 aliphatic rings. The first-order valence-corrected chi connectivity index (χ1v) is 7.32. The van der Waals surface area contributed by atoms with E-state index >= 15 is 0 Å².